The zero-order valence-electron chi connectivity index (χ0n) is 20.3. The Morgan fingerprint density at radius 2 is 1.52 bits per heavy atom. The van der Waals surface area contributed by atoms with Gasteiger partial charge in [-0.25, -0.2) is 0 Å². The molecule has 5 rings (SSSR count). The van der Waals surface area contributed by atoms with E-state index in [-0.39, 0.29) is 11.3 Å². The van der Waals surface area contributed by atoms with Crippen LogP contribution in [0, 0.1) is 19.3 Å². The first-order valence-corrected chi connectivity index (χ1v) is 12.0. The van der Waals surface area contributed by atoms with Crippen LogP contribution >= 0.6 is 0 Å². The van der Waals surface area contributed by atoms with E-state index in [4.69, 9.17) is 4.99 Å². The Hall–Kier alpha value is -2.92. The molecular weight excluding hydrogens is 408 g/mol. The van der Waals surface area contributed by atoms with Crippen molar-refractivity contribution in [2.75, 3.05) is 26.2 Å². The maximum Gasteiger partial charge on any atom is 0.259 e. The van der Waals surface area contributed by atoms with Gasteiger partial charge in [-0.15, -0.1) is 0 Å². The number of aryl methyl sites for hydroxylation is 2. The summed E-state index contributed by atoms with van der Waals surface area (Å²) < 4.78 is 0. The van der Waals surface area contributed by atoms with Gasteiger partial charge in [0.15, 0.2) is 0 Å². The summed E-state index contributed by atoms with van der Waals surface area (Å²) in [6, 6.07) is 17.2. The Kier molecular flexibility index (Phi) is 5.61. The lowest BCUT2D eigenvalue weighted by Crippen LogP contribution is -2.59. The summed E-state index contributed by atoms with van der Waals surface area (Å²) in [6.07, 6.45) is 0.889. The maximum absolute atomic E-state index is 13.8. The summed E-state index contributed by atoms with van der Waals surface area (Å²) in [4.78, 5) is 25.4. The first-order valence-electron chi connectivity index (χ1n) is 12.0. The van der Waals surface area contributed by atoms with Crippen molar-refractivity contribution in [3.8, 4) is 0 Å². The molecule has 2 aromatic rings. The van der Waals surface area contributed by atoms with E-state index in [9.17, 15) is 4.79 Å². The number of hydrogen-bond donors (Lipinski definition) is 0. The number of fused-ring (bicyclic) bond motifs is 2. The number of nitrogens with zero attached hydrogens (tertiary/aromatic N) is 4. The molecule has 0 spiro atoms. The highest BCUT2D eigenvalue weighted by atomic mass is 16.2. The summed E-state index contributed by atoms with van der Waals surface area (Å²) in [5, 5.41) is 0. The predicted molar refractivity (Wildman–Crippen MR) is 133 cm³/mol. The Balaban J connectivity index is 1.45. The Bertz CT molecular complexity index is 1110. The second-order valence-corrected chi connectivity index (χ2v) is 10.6. The van der Waals surface area contributed by atoms with Crippen molar-refractivity contribution in [3.63, 3.8) is 0 Å². The number of carbonyl (C=O) groups excluding carboxylic acids is 1. The van der Waals surface area contributed by atoms with Crippen molar-refractivity contribution >= 4 is 11.9 Å². The van der Waals surface area contributed by atoms with Crippen LogP contribution in [-0.4, -0.2) is 52.7 Å². The lowest BCUT2D eigenvalue weighted by atomic mass is 9.89. The number of amides is 1. The minimum atomic E-state index is 0.0938. The topological polar surface area (TPSA) is 39.2 Å². The molecule has 0 aromatic heterocycles. The van der Waals surface area contributed by atoms with E-state index in [1.54, 1.807) is 0 Å². The van der Waals surface area contributed by atoms with Gasteiger partial charge in [0.05, 0.1) is 12.1 Å². The molecule has 0 bridgehead atoms. The molecule has 5 heteroatoms. The first-order chi connectivity index (χ1) is 15.8. The second kappa shape index (κ2) is 8.45. The molecule has 0 atom stereocenters. The lowest BCUT2D eigenvalue weighted by Gasteiger charge is -2.48. The quantitative estimate of drug-likeness (QED) is 0.700. The van der Waals surface area contributed by atoms with Gasteiger partial charge in [0.2, 0.25) is 5.96 Å². The Morgan fingerprint density at radius 1 is 0.909 bits per heavy atom. The van der Waals surface area contributed by atoms with Gasteiger partial charge in [-0.2, -0.15) is 0 Å². The summed E-state index contributed by atoms with van der Waals surface area (Å²) in [5.74, 6) is 0.958. The molecule has 0 saturated heterocycles. The van der Waals surface area contributed by atoms with Crippen LogP contribution in [0.4, 0.5) is 0 Å². The van der Waals surface area contributed by atoms with Crippen molar-refractivity contribution in [1.29, 1.82) is 0 Å². The third kappa shape index (κ3) is 4.47. The van der Waals surface area contributed by atoms with E-state index in [1.807, 2.05) is 4.90 Å². The van der Waals surface area contributed by atoms with Gasteiger partial charge in [-0.05, 0) is 25.0 Å². The maximum atomic E-state index is 13.8. The summed E-state index contributed by atoms with van der Waals surface area (Å²) in [5.41, 5.74) is 7.16. The molecule has 3 aliphatic rings. The van der Waals surface area contributed by atoms with Gasteiger partial charge < -0.3 is 4.90 Å². The molecule has 2 aromatic carbocycles. The van der Waals surface area contributed by atoms with Crippen molar-refractivity contribution in [2.45, 2.75) is 47.2 Å². The van der Waals surface area contributed by atoms with E-state index >= 15 is 0 Å². The fourth-order valence-electron chi connectivity index (χ4n) is 5.02. The molecule has 0 radical (unpaired) electrons. The molecule has 33 heavy (non-hydrogen) atoms. The van der Waals surface area contributed by atoms with Crippen LogP contribution in [0.5, 0.6) is 0 Å². The second-order valence-electron chi connectivity index (χ2n) is 10.6. The monoisotopic (exact) mass is 442 g/mol. The van der Waals surface area contributed by atoms with Gasteiger partial charge >= 0.3 is 0 Å². The number of rotatable bonds is 4. The first kappa shape index (κ1) is 21.9. The number of benzene rings is 2. The Morgan fingerprint density at radius 3 is 2.15 bits per heavy atom. The van der Waals surface area contributed by atoms with Crippen molar-refractivity contribution in [2.24, 2.45) is 10.4 Å². The molecule has 1 amide bonds. The number of guanidine groups is 1. The van der Waals surface area contributed by atoms with Gasteiger partial charge in [0.1, 0.15) is 0 Å². The highest BCUT2D eigenvalue weighted by Gasteiger charge is 2.43. The molecule has 0 N–H and O–H groups in total. The fraction of sp³-hybridized carbons (Fsp3) is 0.429. The van der Waals surface area contributed by atoms with E-state index < -0.39 is 0 Å². The van der Waals surface area contributed by atoms with Crippen molar-refractivity contribution in [1.82, 2.24) is 14.7 Å². The van der Waals surface area contributed by atoms with Gasteiger partial charge in [-0.3, -0.25) is 19.6 Å². The standard InChI is InChI=1S/C28H34N4O/c1-20-5-9-22(10-6-20)15-30-14-13-25-24(17-30)26(33)31(16-23-11-7-21(2)8-12-23)27-29-18-28(3,4)19-32(25)27/h5-12H,13-19H2,1-4H3. The largest absolute Gasteiger partial charge is 0.315 e. The number of aliphatic imine (C=N–C) groups is 1. The zero-order valence-corrected chi connectivity index (χ0v) is 20.3. The van der Waals surface area contributed by atoms with E-state index in [0.717, 1.165) is 49.7 Å². The SMILES string of the molecule is Cc1ccc(CN2CCC3=C(C2)C(=O)N(Cc2ccc(C)cc2)C2=NCC(C)(C)CN23)cc1. The van der Waals surface area contributed by atoms with E-state index in [2.05, 4.69) is 86.0 Å². The normalized spacial score (nSPS) is 20.5. The summed E-state index contributed by atoms with van der Waals surface area (Å²) in [7, 11) is 0. The molecule has 0 fully saturated rings. The molecule has 3 heterocycles. The van der Waals surface area contributed by atoms with Crippen LogP contribution in [0.3, 0.4) is 0 Å². The third-order valence-electron chi connectivity index (χ3n) is 6.93. The highest BCUT2D eigenvalue weighted by Crippen LogP contribution is 2.35. The molecule has 5 nitrogen and oxygen atoms in total. The number of hydrogen-bond acceptors (Lipinski definition) is 4. The van der Waals surface area contributed by atoms with Crippen LogP contribution in [0.25, 0.3) is 0 Å². The molecule has 0 aliphatic carbocycles. The average molecular weight is 443 g/mol. The van der Waals surface area contributed by atoms with E-state index in [1.165, 1.54) is 22.4 Å². The summed E-state index contributed by atoms with van der Waals surface area (Å²) in [6.45, 7) is 13.5. The van der Waals surface area contributed by atoms with Gasteiger partial charge in [0.25, 0.3) is 5.91 Å². The minimum absolute atomic E-state index is 0.0938. The van der Waals surface area contributed by atoms with Crippen LogP contribution in [-0.2, 0) is 17.9 Å². The zero-order chi connectivity index (χ0) is 23.2. The molecular formula is C28H34N4O. The molecule has 0 saturated carbocycles. The molecule has 172 valence electrons. The van der Waals surface area contributed by atoms with Crippen LogP contribution in [0.15, 0.2) is 64.8 Å². The van der Waals surface area contributed by atoms with Crippen LogP contribution in [0.1, 0.15) is 42.5 Å². The lowest BCUT2D eigenvalue weighted by molar-refractivity contribution is -0.126. The van der Waals surface area contributed by atoms with Gasteiger partial charge in [0, 0.05) is 50.3 Å². The number of carbonyl (C=O) groups is 1. The predicted octanol–water partition coefficient (Wildman–Crippen LogP) is 4.50. The smallest absolute Gasteiger partial charge is 0.259 e. The fourth-order valence-corrected chi connectivity index (χ4v) is 5.02. The minimum Gasteiger partial charge on any atom is -0.315 e. The highest BCUT2D eigenvalue weighted by molar-refractivity contribution is 6.09. The molecule has 3 aliphatic heterocycles. The van der Waals surface area contributed by atoms with Crippen LogP contribution in [0.2, 0.25) is 0 Å². The van der Waals surface area contributed by atoms with Crippen molar-refractivity contribution in [3.05, 3.63) is 82.1 Å². The average Bonchev–Trinajstić information content (AvgIpc) is 2.79. The van der Waals surface area contributed by atoms with Crippen molar-refractivity contribution < 1.29 is 4.79 Å². The molecule has 0 unspecified atom stereocenters. The van der Waals surface area contributed by atoms with Crippen LogP contribution < -0.4 is 0 Å². The van der Waals surface area contributed by atoms with E-state index in [0.29, 0.717) is 13.1 Å². The Labute approximate surface area is 197 Å². The third-order valence-corrected chi connectivity index (χ3v) is 6.93. The van der Waals surface area contributed by atoms with Gasteiger partial charge in [-0.1, -0.05) is 73.5 Å². The summed E-state index contributed by atoms with van der Waals surface area (Å²) >= 11 is 0.